The summed E-state index contributed by atoms with van der Waals surface area (Å²) in [6, 6.07) is 10.2. The maximum atomic E-state index is 12.3. The molecule has 6 nitrogen and oxygen atoms in total. The molecule has 3 amide bonds. The molecule has 1 aliphatic rings. The van der Waals surface area contributed by atoms with E-state index in [1.807, 2.05) is 35.2 Å². The van der Waals surface area contributed by atoms with E-state index < -0.39 is 0 Å². The van der Waals surface area contributed by atoms with Crippen molar-refractivity contribution in [1.29, 1.82) is 0 Å². The molecule has 132 valence electrons. The van der Waals surface area contributed by atoms with E-state index >= 15 is 0 Å². The third-order valence-electron chi connectivity index (χ3n) is 4.58. The smallest absolute Gasteiger partial charge is 0.317 e. The topological polar surface area (TPSA) is 64.7 Å². The van der Waals surface area contributed by atoms with Gasteiger partial charge in [0.05, 0.1) is 0 Å². The molecule has 2 rings (SSSR count). The van der Waals surface area contributed by atoms with Crippen molar-refractivity contribution in [2.75, 3.05) is 26.7 Å². The largest absolute Gasteiger partial charge is 0.337 e. The summed E-state index contributed by atoms with van der Waals surface area (Å²) < 4.78 is 0. The molecule has 1 aromatic carbocycles. The summed E-state index contributed by atoms with van der Waals surface area (Å²) in [5.74, 6) is 0.0989. The Balaban J connectivity index is 1.72. The summed E-state index contributed by atoms with van der Waals surface area (Å²) in [6.45, 7) is 6.61. The van der Waals surface area contributed by atoms with Gasteiger partial charge in [-0.05, 0) is 19.4 Å². The minimum atomic E-state index is -0.159. The van der Waals surface area contributed by atoms with Gasteiger partial charge >= 0.3 is 6.03 Å². The van der Waals surface area contributed by atoms with E-state index in [9.17, 15) is 9.59 Å². The SMILES string of the molecule is CC1NCCN(C(=O)CCNC(=O)N(C)Cc2ccccc2)C1C. The van der Waals surface area contributed by atoms with Crippen molar-refractivity contribution in [3.63, 3.8) is 0 Å². The zero-order valence-corrected chi connectivity index (χ0v) is 14.8. The van der Waals surface area contributed by atoms with Crippen LogP contribution < -0.4 is 10.6 Å². The Kier molecular flexibility index (Phi) is 6.61. The van der Waals surface area contributed by atoms with Gasteiger partial charge in [0.1, 0.15) is 0 Å². The first kappa shape index (κ1) is 18.3. The van der Waals surface area contributed by atoms with Crippen molar-refractivity contribution >= 4 is 11.9 Å². The predicted molar refractivity (Wildman–Crippen MR) is 94.6 cm³/mol. The number of nitrogens with zero attached hydrogens (tertiary/aromatic N) is 2. The Morgan fingerprint density at radius 1 is 1.29 bits per heavy atom. The first-order valence-electron chi connectivity index (χ1n) is 8.54. The first-order chi connectivity index (χ1) is 11.5. The number of carbonyl (C=O) groups excluding carboxylic acids is 2. The molecule has 0 aliphatic carbocycles. The van der Waals surface area contributed by atoms with Crippen molar-refractivity contribution in [3.8, 4) is 0 Å². The summed E-state index contributed by atoms with van der Waals surface area (Å²) in [4.78, 5) is 28.0. The van der Waals surface area contributed by atoms with Gasteiger partial charge in [-0.3, -0.25) is 4.79 Å². The van der Waals surface area contributed by atoms with Gasteiger partial charge in [-0.2, -0.15) is 0 Å². The second kappa shape index (κ2) is 8.68. The number of hydrogen-bond donors (Lipinski definition) is 2. The number of piperazine rings is 1. The van der Waals surface area contributed by atoms with Crippen LogP contribution in [0.15, 0.2) is 30.3 Å². The fraction of sp³-hybridized carbons (Fsp3) is 0.556. The van der Waals surface area contributed by atoms with Gasteiger partial charge in [-0.1, -0.05) is 30.3 Å². The molecule has 1 saturated heterocycles. The molecule has 1 heterocycles. The number of benzene rings is 1. The molecule has 24 heavy (non-hydrogen) atoms. The Labute approximate surface area is 144 Å². The highest BCUT2D eigenvalue weighted by atomic mass is 16.2. The predicted octanol–water partition coefficient (Wildman–Crippen LogP) is 1.43. The number of rotatable bonds is 5. The van der Waals surface area contributed by atoms with Crippen LogP contribution in [0, 0.1) is 0 Å². The molecule has 1 aromatic rings. The molecule has 0 bridgehead atoms. The van der Waals surface area contributed by atoms with E-state index in [0.717, 1.165) is 18.7 Å². The van der Waals surface area contributed by atoms with Crippen molar-refractivity contribution < 1.29 is 9.59 Å². The zero-order valence-electron chi connectivity index (χ0n) is 14.8. The molecule has 2 unspecified atom stereocenters. The third-order valence-corrected chi connectivity index (χ3v) is 4.58. The van der Waals surface area contributed by atoms with E-state index in [4.69, 9.17) is 0 Å². The second-order valence-corrected chi connectivity index (χ2v) is 6.39. The fourth-order valence-corrected chi connectivity index (χ4v) is 2.89. The van der Waals surface area contributed by atoms with Crippen LogP contribution in [0.5, 0.6) is 0 Å². The number of amides is 3. The molecule has 0 saturated carbocycles. The van der Waals surface area contributed by atoms with Crippen LogP contribution in [0.4, 0.5) is 4.79 Å². The normalized spacial score (nSPS) is 20.5. The lowest BCUT2D eigenvalue weighted by atomic mass is 10.1. The fourth-order valence-electron chi connectivity index (χ4n) is 2.89. The van der Waals surface area contributed by atoms with Gasteiger partial charge in [-0.15, -0.1) is 0 Å². The van der Waals surface area contributed by atoms with Crippen molar-refractivity contribution in [3.05, 3.63) is 35.9 Å². The highest BCUT2D eigenvalue weighted by molar-refractivity contribution is 5.78. The van der Waals surface area contributed by atoms with Gasteiger partial charge < -0.3 is 20.4 Å². The van der Waals surface area contributed by atoms with Crippen molar-refractivity contribution in [2.24, 2.45) is 0 Å². The Morgan fingerprint density at radius 3 is 2.71 bits per heavy atom. The molecular formula is C18H28N4O2. The molecule has 2 N–H and O–H groups in total. The van der Waals surface area contributed by atoms with Gasteiger partial charge in [-0.25, -0.2) is 4.79 Å². The lowest BCUT2D eigenvalue weighted by Crippen LogP contribution is -2.57. The van der Waals surface area contributed by atoms with Gasteiger partial charge in [0.25, 0.3) is 0 Å². The Morgan fingerprint density at radius 2 is 2.00 bits per heavy atom. The van der Waals surface area contributed by atoms with E-state index in [-0.39, 0.29) is 18.0 Å². The molecule has 6 heteroatoms. The van der Waals surface area contributed by atoms with Gasteiger partial charge in [0.15, 0.2) is 0 Å². The van der Waals surface area contributed by atoms with E-state index in [1.165, 1.54) is 0 Å². The Bertz CT molecular complexity index is 549. The van der Waals surface area contributed by atoms with Crippen LogP contribution in [0.2, 0.25) is 0 Å². The van der Waals surface area contributed by atoms with Crippen LogP contribution in [0.3, 0.4) is 0 Å². The van der Waals surface area contributed by atoms with Gasteiger partial charge in [0.2, 0.25) is 5.91 Å². The number of hydrogen-bond acceptors (Lipinski definition) is 3. The summed E-state index contributed by atoms with van der Waals surface area (Å²) in [6.07, 6.45) is 0.335. The molecule has 0 radical (unpaired) electrons. The maximum Gasteiger partial charge on any atom is 0.317 e. The molecular weight excluding hydrogens is 304 g/mol. The molecule has 2 atom stereocenters. The average molecular weight is 332 g/mol. The number of nitrogens with one attached hydrogen (secondary N) is 2. The monoisotopic (exact) mass is 332 g/mol. The standard InChI is InChI=1S/C18H28N4O2/c1-14-15(2)22(12-11-19-14)17(23)9-10-20-18(24)21(3)13-16-7-5-4-6-8-16/h4-8,14-15,19H,9-13H2,1-3H3,(H,20,24). The number of carbonyl (C=O) groups is 2. The number of urea groups is 1. The summed E-state index contributed by atoms with van der Waals surface area (Å²) in [7, 11) is 1.75. The zero-order chi connectivity index (χ0) is 17.5. The van der Waals surface area contributed by atoms with Crippen LogP contribution >= 0.6 is 0 Å². The molecule has 1 fully saturated rings. The highest BCUT2D eigenvalue weighted by Crippen LogP contribution is 2.10. The molecule has 0 spiro atoms. The lowest BCUT2D eigenvalue weighted by Gasteiger charge is -2.38. The van der Waals surface area contributed by atoms with E-state index in [2.05, 4.69) is 24.5 Å². The lowest BCUT2D eigenvalue weighted by molar-refractivity contribution is -0.134. The third kappa shape index (κ3) is 4.96. The minimum absolute atomic E-state index is 0.0989. The van der Waals surface area contributed by atoms with Crippen LogP contribution in [0.25, 0.3) is 0 Å². The van der Waals surface area contributed by atoms with Gasteiger partial charge in [0, 0.05) is 51.7 Å². The molecule has 1 aliphatic heterocycles. The van der Waals surface area contributed by atoms with Crippen LogP contribution in [-0.2, 0) is 11.3 Å². The Hall–Kier alpha value is -2.08. The summed E-state index contributed by atoms with van der Waals surface area (Å²) >= 11 is 0. The second-order valence-electron chi connectivity index (χ2n) is 6.39. The summed E-state index contributed by atoms with van der Waals surface area (Å²) in [5, 5.41) is 6.18. The highest BCUT2D eigenvalue weighted by Gasteiger charge is 2.27. The van der Waals surface area contributed by atoms with E-state index in [1.54, 1.807) is 11.9 Å². The first-order valence-corrected chi connectivity index (χ1v) is 8.54. The maximum absolute atomic E-state index is 12.3. The van der Waals surface area contributed by atoms with E-state index in [0.29, 0.717) is 25.6 Å². The summed E-state index contributed by atoms with van der Waals surface area (Å²) in [5.41, 5.74) is 1.08. The quantitative estimate of drug-likeness (QED) is 0.857. The van der Waals surface area contributed by atoms with Crippen LogP contribution in [0.1, 0.15) is 25.8 Å². The average Bonchev–Trinajstić information content (AvgIpc) is 2.58. The van der Waals surface area contributed by atoms with Crippen LogP contribution in [-0.4, -0.2) is 60.5 Å². The molecule has 0 aromatic heterocycles. The van der Waals surface area contributed by atoms with Crippen molar-refractivity contribution in [1.82, 2.24) is 20.4 Å². The minimum Gasteiger partial charge on any atom is -0.337 e. The van der Waals surface area contributed by atoms with Crippen molar-refractivity contribution in [2.45, 2.75) is 38.9 Å².